The molecule has 0 amide bonds. The van der Waals surface area contributed by atoms with E-state index in [-0.39, 0.29) is 11.1 Å². The van der Waals surface area contributed by atoms with Crippen LogP contribution in [0.5, 0.6) is 0 Å². The third-order valence-electron chi connectivity index (χ3n) is 4.58. The summed E-state index contributed by atoms with van der Waals surface area (Å²) in [6.45, 7) is 2.33. The van der Waals surface area contributed by atoms with E-state index in [1.54, 1.807) is 24.5 Å². The molecular weight excluding hydrogens is 324 g/mol. The summed E-state index contributed by atoms with van der Waals surface area (Å²) in [6.07, 6.45) is 3.31. The van der Waals surface area contributed by atoms with Gasteiger partial charge in [0, 0.05) is 38.9 Å². The molecule has 2 heterocycles. The number of anilines is 1. The van der Waals surface area contributed by atoms with Crippen molar-refractivity contribution in [3.63, 3.8) is 0 Å². The summed E-state index contributed by atoms with van der Waals surface area (Å²) < 4.78 is 29.5. The Kier molecular flexibility index (Phi) is 4.40. The molecule has 7 heteroatoms. The van der Waals surface area contributed by atoms with E-state index in [0.29, 0.717) is 12.1 Å². The normalized spacial score (nSPS) is 18.9. The van der Waals surface area contributed by atoms with Crippen molar-refractivity contribution in [2.75, 3.05) is 25.5 Å². The van der Waals surface area contributed by atoms with Crippen molar-refractivity contribution in [2.24, 2.45) is 7.05 Å². The minimum absolute atomic E-state index is 0.121. The lowest BCUT2D eigenvalue weighted by molar-refractivity contribution is 0.391. The highest BCUT2D eigenvalue weighted by molar-refractivity contribution is 7.89. The third-order valence-corrected chi connectivity index (χ3v) is 6.71. The van der Waals surface area contributed by atoms with Crippen molar-refractivity contribution >= 4 is 15.7 Å². The Balaban J connectivity index is 2.01. The first-order valence-corrected chi connectivity index (χ1v) is 9.54. The largest absolute Gasteiger partial charge is 0.378 e. The van der Waals surface area contributed by atoms with E-state index in [9.17, 15) is 8.42 Å². The molecule has 1 atom stereocenters. The zero-order valence-electron chi connectivity index (χ0n) is 14.6. The Morgan fingerprint density at radius 2 is 2.04 bits per heavy atom. The van der Waals surface area contributed by atoms with Crippen LogP contribution in [0.15, 0.2) is 35.5 Å². The molecule has 1 aromatic heterocycles. The van der Waals surface area contributed by atoms with Crippen LogP contribution in [0.25, 0.3) is 0 Å². The molecule has 1 aliphatic heterocycles. The standard InChI is InChI=1S/C17H24N4O2S/c1-13-12-18-20(4)17(13)24(22,23)21-10-6-9-16(21)14-7-5-8-15(11-14)19(2)3/h5,7-8,11-12,16H,6,9-10H2,1-4H3. The van der Waals surface area contributed by atoms with Gasteiger partial charge in [0.2, 0.25) is 0 Å². The van der Waals surface area contributed by atoms with Crippen molar-refractivity contribution in [2.45, 2.75) is 30.8 Å². The van der Waals surface area contributed by atoms with E-state index in [0.717, 1.165) is 24.1 Å². The van der Waals surface area contributed by atoms with Crippen LogP contribution < -0.4 is 4.90 Å². The molecule has 130 valence electrons. The van der Waals surface area contributed by atoms with Gasteiger partial charge in [0.15, 0.2) is 5.03 Å². The van der Waals surface area contributed by atoms with Crippen LogP contribution >= 0.6 is 0 Å². The van der Waals surface area contributed by atoms with Gasteiger partial charge in [-0.1, -0.05) is 12.1 Å². The van der Waals surface area contributed by atoms with E-state index in [4.69, 9.17) is 0 Å². The second-order valence-electron chi connectivity index (χ2n) is 6.52. The van der Waals surface area contributed by atoms with E-state index in [1.165, 1.54) is 4.68 Å². The fraction of sp³-hybridized carbons (Fsp3) is 0.471. The number of aromatic nitrogens is 2. The number of benzene rings is 1. The molecule has 0 spiro atoms. The predicted molar refractivity (Wildman–Crippen MR) is 94.6 cm³/mol. The van der Waals surface area contributed by atoms with Crippen LogP contribution in [0, 0.1) is 6.92 Å². The van der Waals surface area contributed by atoms with Crippen LogP contribution in [-0.2, 0) is 17.1 Å². The number of hydrogen-bond donors (Lipinski definition) is 0. The second kappa shape index (κ2) is 6.22. The quantitative estimate of drug-likeness (QED) is 0.851. The average molecular weight is 348 g/mol. The molecular formula is C17H24N4O2S. The first-order valence-electron chi connectivity index (χ1n) is 8.10. The molecule has 0 saturated carbocycles. The Bertz CT molecular complexity index is 823. The molecule has 1 fully saturated rings. The number of aryl methyl sites for hydroxylation is 2. The summed E-state index contributed by atoms with van der Waals surface area (Å²) in [5.74, 6) is 0. The van der Waals surface area contributed by atoms with E-state index >= 15 is 0 Å². The van der Waals surface area contributed by atoms with Gasteiger partial charge in [-0.3, -0.25) is 4.68 Å². The molecule has 0 bridgehead atoms. The third kappa shape index (κ3) is 2.82. The Hall–Kier alpha value is -1.86. The van der Waals surface area contributed by atoms with E-state index in [2.05, 4.69) is 11.2 Å². The lowest BCUT2D eigenvalue weighted by Gasteiger charge is -2.25. The van der Waals surface area contributed by atoms with Crippen LogP contribution in [0.4, 0.5) is 5.69 Å². The number of nitrogens with zero attached hydrogens (tertiary/aromatic N) is 4. The molecule has 1 aliphatic rings. The van der Waals surface area contributed by atoms with Crippen molar-refractivity contribution < 1.29 is 8.42 Å². The van der Waals surface area contributed by atoms with Crippen molar-refractivity contribution in [1.82, 2.24) is 14.1 Å². The molecule has 1 aromatic carbocycles. The summed E-state index contributed by atoms with van der Waals surface area (Å²) in [5, 5.41) is 4.38. The number of hydrogen-bond acceptors (Lipinski definition) is 4. The summed E-state index contributed by atoms with van der Waals surface area (Å²) >= 11 is 0. The molecule has 0 aliphatic carbocycles. The maximum atomic E-state index is 13.2. The molecule has 0 radical (unpaired) electrons. The zero-order chi connectivity index (χ0) is 17.5. The van der Waals surface area contributed by atoms with Gasteiger partial charge in [0.25, 0.3) is 10.0 Å². The smallest absolute Gasteiger partial charge is 0.261 e. The molecule has 3 rings (SSSR count). The van der Waals surface area contributed by atoms with Crippen molar-refractivity contribution in [3.8, 4) is 0 Å². The highest BCUT2D eigenvalue weighted by atomic mass is 32.2. The van der Waals surface area contributed by atoms with Crippen LogP contribution in [0.3, 0.4) is 0 Å². The van der Waals surface area contributed by atoms with Gasteiger partial charge in [0.1, 0.15) is 0 Å². The SMILES string of the molecule is Cc1cnn(C)c1S(=O)(=O)N1CCCC1c1cccc(N(C)C)c1. The lowest BCUT2D eigenvalue weighted by Crippen LogP contribution is -2.32. The fourth-order valence-corrected chi connectivity index (χ4v) is 5.38. The van der Waals surface area contributed by atoms with Crippen LogP contribution in [-0.4, -0.2) is 43.1 Å². The van der Waals surface area contributed by atoms with Gasteiger partial charge in [-0.05, 0) is 37.5 Å². The summed E-state index contributed by atoms with van der Waals surface area (Å²) in [5.41, 5.74) is 2.81. The molecule has 0 N–H and O–H groups in total. The van der Waals surface area contributed by atoms with E-state index in [1.807, 2.05) is 37.2 Å². The minimum atomic E-state index is -3.57. The van der Waals surface area contributed by atoms with Gasteiger partial charge >= 0.3 is 0 Å². The Morgan fingerprint density at radius 1 is 1.29 bits per heavy atom. The number of rotatable bonds is 4. The maximum absolute atomic E-state index is 13.2. The molecule has 2 aromatic rings. The summed E-state index contributed by atoms with van der Waals surface area (Å²) in [7, 11) is 2.09. The minimum Gasteiger partial charge on any atom is -0.378 e. The monoisotopic (exact) mass is 348 g/mol. The van der Waals surface area contributed by atoms with Gasteiger partial charge in [-0.2, -0.15) is 9.40 Å². The van der Waals surface area contributed by atoms with Crippen LogP contribution in [0.2, 0.25) is 0 Å². The highest BCUT2D eigenvalue weighted by Crippen LogP contribution is 2.37. The Morgan fingerprint density at radius 3 is 2.67 bits per heavy atom. The molecule has 1 saturated heterocycles. The topological polar surface area (TPSA) is 58.4 Å². The predicted octanol–water partition coefficient (Wildman–Crippen LogP) is 2.32. The second-order valence-corrected chi connectivity index (χ2v) is 8.33. The molecule has 24 heavy (non-hydrogen) atoms. The lowest BCUT2D eigenvalue weighted by atomic mass is 10.0. The molecule has 6 nitrogen and oxygen atoms in total. The zero-order valence-corrected chi connectivity index (χ0v) is 15.4. The van der Waals surface area contributed by atoms with Crippen LogP contribution in [0.1, 0.15) is 30.0 Å². The van der Waals surface area contributed by atoms with Crippen molar-refractivity contribution in [1.29, 1.82) is 0 Å². The summed E-state index contributed by atoms with van der Waals surface area (Å²) in [4.78, 5) is 2.03. The first-order chi connectivity index (χ1) is 11.3. The van der Waals surface area contributed by atoms with Gasteiger partial charge < -0.3 is 4.90 Å². The number of sulfonamides is 1. The first kappa shape index (κ1) is 17.0. The van der Waals surface area contributed by atoms with Gasteiger partial charge in [-0.25, -0.2) is 8.42 Å². The summed E-state index contributed by atoms with van der Waals surface area (Å²) in [6, 6.07) is 7.99. The van der Waals surface area contributed by atoms with E-state index < -0.39 is 10.0 Å². The fourth-order valence-electron chi connectivity index (χ4n) is 3.39. The highest BCUT2D eigenvalue weighted by Gasteiger charge is 2.38. The maximum Gasteiger partial charge on any atom is 0.261 e. The van der Waals surface area contributed by atoms with Gasteiger partial charge in [0.05, 0.1) is 12.2 Å². The van der Waals surface area contributed by atoms with Crippen molar-refractivity contribution in [3.05, 3.63) is 41.6 Å². The Labute approximate surface area is 143 Å². The average Bonchev–Trinajstić information content (AvgIpc) is 3.15. The van der Waals surface area contributed by atoms with Gasteiger partial charge in [-0.15, -0.1) is 0 Å². The molecule has 1 unspecified atom stereocenters.